The van der Waals surface area contributed by atoms with E-state index in [-0.39, 0.29) is 0 Å². The van der Waals surface area contributed by atoms with E-state index >= 15 is 0 Å². The quantitative estimate of drug-likeness (QED) is 0.0819. The molecule has 5 heterocycles. The van der Waals surface area contributed by atoms with Gasteiger partial charge in [0.1, 0.15) is 122 Å². The van der Waals surface area contributed by atoms with Gasteiger partial charge in [-0.3, -0.25) is 0 Å². The van der Waals surface area contributed by atoms with E-state index in [4.69, 9.17) is 42.6 Å². The van der Waals surface area contributed by atoms with Gasteiger partial charge in [-0.05, 0) is 0 Å². The first-order valence-electron chi connectivity index (χ1n) is 17.6. The molecule has 25 atom stereocenters. The molecule has 0 aromatic rings. The van der Waals surface area contributed by atoms with E-state index in [0.29, 0.717) is 0 Å². The van der Waals surface area contributed by atoms with E-state index in [2.05, 4.69) is 0 Å². The second-order valence-corrected chi connectivity index (χ2v) is 14.1. The van der Waals surface area contributed by atoms with E-state index in [1.54, 1.807) is 0 Å². The Kier molecular flexibility index (Phi) is 16.1. The van der Waals surface area contributed by atoms with E-state index in [9.17, 15) is 86.8 Å². The first-order chi connectivity index (χ1) is 26.4. The monoisotopic (exact) mass is 828 g/mol. The molecule has 26 nitrogen and oxygen atoms in total. The van der Waals surface area contributed by atoms with Crippen LogP contribution in [0.15, 0.2) is 0 Å². The fourth-order valence-electron chi connectivity index (χ4n) is 6.69. The third kappa shape index (κ3) is 9.61. The third-order valence-corrected chi connectivity index (χ3v) is 10.3. The highest BCUT2D eigenvalue weighted by Crippen LogP contribution is 2.32. The van der Waals surface area contributed by atoms with Crippen LogP contribution in [0, 0.1) is 0 Å². The van der Waals surface area contributed by atoms with Crippen molar-refractivity contribution in [3.05, 3.63) is 0 Å². The van der Waals surface area contributed by atoms with Crippen molar-refractivity contribution in [1.82, 2.24) is 0 Å². The minimum Gasteiger partial charge on any atom is -0.394 e. The van der Waals surface area contributed by atoms with Gasteiger partial charge in [0.15, 0.2) is 31.5 Å². The van der Waals surface area contributed by atoms with Gasteiger partial charge in [-0.15, -0.1) is 0 Å². The Morgan fingerprint density at radius 1 is 0.304 bits per heavy atom. The smallest absolute Gasteiger partial charge is 0.187 e. The zero-order valence-corrected chi connectivity index (χ0v) is 29.2. The summed E-state index contributed by atoms with van der Waals surface area (Å²) in [5, 5.41) is 174. The molecular weight excluding hydrogens is 776 g/mol. The van der Waals surface area contributed by atoms with Crippen molar-refractivity contribution in [3.63, 3.8) is 0 Å². The Labute approximate surface area is 316 Å². The van der Waals surface area contributed by atoms with E-state index in [1.807, 2.05) is 0 Å². The zero-order chi connectivity index (χ0) is 41.3. The van der Waals surface area contributed by atoms with Crippen LogP contribution in [0.3, 0.4) is 0 Å². The molecule has 5 aliphatic rings. The van der Waals surface area contributed by atoms with Gasteiger partial charge >= 0.3 is 0 Å². The lowest BCUT2D eigenvalue weighted by Crippen LogP contribution is -2.65. The number of hydrogen-bond donors (Lipinski definition) is 17. The number of aliphatic hydroxyl groups excluding tert-OH is 17. The van der Waals surface area contributed by atoms with Crippen LogP contribution in [0.4, 0.5) is 0 Å². The van der Waals surface area contributed by atoms with Crippen LogP contribution in [0.2, 0.25) is 0 Å². The van der Waals surface area contributed by atoms with Crippen LogP contribution >= 0.6 is 0 Å². The van der Waals surface area contributed by atoms with Gasteiger partial charge in [-0.25, -0.2) is 0 Å². The van der Waals surface area contributed by atoms with Crippen molar-refractivity contribution < 1.29 is 129 Å². The predicted molar refractivity (Wildman–Crippen MR) is 167 cm³/mol. The third-order valence-electron chi connectivity index (χ3n) is 10.3. The van der Waals surface area contributed by atoms with E-state index < -0.39 is 187 Å². The van der Waals surface area contributed by atoms with Crippen molar-refractivity contribution in [3.8, 4) is 0 Å². The maximum Gasteiger partial charge on any atom is 0.187 e. The summed E-state index contributed by atoms with van der Waals surface area (Å²) >= 11 is 0. The fourth-order valence-corrected chi connectivity index (χ4v) is 6.69. The molecule has 17 N–H and O–H groups in total. The van der Waals surface area contributed by atoms with Gasteiger partial charge < -0.3 is 129 Å². The highest BCUT2D eigenvalue weighted by atomic mass is 16.8. The molecule has 5 fully saturated rings. The van der Waals surface area contributed by atoms with Crippen LogP contribution in [0.1, 0.15) is 0 Å². The maximum atomic E-state index is 11.2. The average molecular weight is 829 g/mol. The van der Waals surface area contributed by atoms with E-state index in [0.717, 1.165) is 0 Å². The Morgan fingerprint density at radius 2 is 0.625 bits per heavy atom. The van der Waals surface area contributed by atoms with Crippen LogP contribution in [0.5, 0.6) is 0 Å². The summed E-state index contributed by atoms with van der Waals surface area (Å²) in [5.41, 5.74) is 0. The largest absolute Gasteiger partial charge is 0.394 e. The number of ether oxygens (including phenoxy) is 9. The molecule has 25 unspecified atom stereocenters. The summed E-state index contributed by atoms with van der Waals surface area (Å²) in [6.07, 6.45) is -45.2. The lowest BCUT2D eigenvalue weighted by atomic mass is 9.97. The zero-order valence-electron chi connectivity index (χ0n) is 29.2. The second-order valence-electron chi connectivity index (χ2n) is 14.1. The molecule has 0 bridgehead atoms. The Bertz CT molecular complexity index is 1200. The van der Waals surface area contributed by atoms with Crippen LogP contribution in [-0.2, 0) is 42.6 Å². The molecule has 0 aromatic heterocycles. The lowest BCUT2D eigenvalue weighted by Gasteiger charge is -2.47. The molecule has 0 radical (unpaired) electrons. The summed E-state index contributed by atoms with van der Waals surface area (Å²) in [7, 11) is 0. The molecule has 5 saturated heterocycles. The lowest BCUT2D eigenvalue weighted by molar-refractivity contribution is -0.377. The molecule has 56 heavy (non-hydrogen) atoms. The summed E-state index contributed by atoms with van der Waals surface area (Å²) < 4.78 is 49.1. The first kappa shape index (κ1) is 46.0. The molecule has 0 aliphatic carbocycles. The van der Waals surface area contributed by atoms with Gasteiger partial charge in [0.2, 0.25) is 0 Å². The number of rotatable bonds is 13. The Balaban J connectivity index is 1.27. The molecule has 328 valence electrons. The number of hydrogen-bond acceptors (Lipinski definition) is 26. The predicted octanol–water partition coefficient (Wildman–Crippen LogP) is -11.9. The molecule has 0 spiro atoms. The fraction of sp³-hybridized carbons (Fsp3) is 1.00. The minimum absolute atomic E-state index is 0.697. The topological polar surface area (TPSA) is 427 Å². The Morgan fingerprint density at radius 3 is 1.09 bits per heavy atom. The summed E-state index contributed by atoms with van der Waals surface area (Å²) in [6, 6.07) is 0. The summed E-state index contributed by atoms with van der Waals surface area (Å²) in [5.74, 6) is 0. The SMILES string of the molecule is OCC1OC(OCC2OC(OCC3OC(OCC4OC(O)C(O)C(O)C4O)C(OC4OC(CO)C(O)C(O)C4O)C(O)C3O)C(O)C(O)C2O)C(O)C(O)C1O. The van der Waals surface area contributed by atoms with Gasteiger partial charge in [-0.2, -0.15) is 0 Å². The standard InChI is InChI=1S/C30H52O26/c31-1-6-11(33)17(39)22(44)27(52-6)48-4-9-14(36)19(41)23(45)28(54-9)49-5-10-15(37)20(42)25(56-29-24(46)18(40)12(34)7(2-32)53-29)30(55-10)50-3-8-13(35)16(38)21(43)26(47)51-8/h6-47H,1-5H2. The highest BCUT2D eigenvalue weighted by molar-refractivity contribution is 4.96. The average Bonchev–Trinajstić information content (AvgIpc) is 3.18. The van der Waals surface area contributed by atoms with Crippen LogP contribution in [-0.4, -0.2) is 273 Å². The van der Waals surface area contributed by atoms with Crippen LogP contribution in [0.25, 0.3) is 0 Å². The molecule has 5 rings (SSSR count). The highest BCUT2D eigenvalue weighted by Gasteiger charge is 2.53. The molecule has 5 aliphatic heterocycles. The van der Waals surface area contributed by atoms with Gasteiger partial charge in [-0.1, -0.05) is 0 Å². The van der Waals surface area contributed by atoms with E-state index in [1.165, 1.54) is 0 Å². The first-order valence-corrected chi connectivity index (χ1v) is 17.6. The van der Waals surface area contributed by atoms with Crippen molar-refractivity contribution in [1.29, 1.82) is 0 Å². The van der Waals surface area contributed by atoms with Crippen molar-refractivity contribution >= 4 is 0 Å². The van der Waals surface area contributed by atoms with Gasteiger partial charge in [0.05, 0.1) is 33.0 Å². The van der Waals surface area contributed by atoms with Crippen molar-refractivity contribution in [2.75, 3.05) is 33.0 Å². The second kappa shape index (κ2) is 19.6. The maximum absolute atomic E-state index is 11.2. The van der Waals surface area contributed by atoms with Crippen molar-refractivity contribution in [2.45, 2.75) is 154 Å². The molecular formula is C30H52O26. The minimum atomic E-state index is -2.06. The normalized spacial score (nSPS) is 53.2. The summed E-state index contributed by atoms with van der Waals surface area (Å²) in [6.45, 7) is -3.90. The molecule has 26 heteroatoms. The summed E-state index contributed by atoms with van der Waals surface area (Å²) in [4.78, 5) is 0. The van der Waals surface area contributed by atoms with Crippen LogP contribution < -0.4 is 0 Å². The molecule has 0 saturated carbocycles. The molecule has 0 amide bonds. The van der Waals surface area contributed by atoms with Crippen molar-refractivity contribution in [2.24, 2.45) is 0 Å². The van der Waals surface area contributed by atoms with Gasteiger partial charge in [0.25, 0.3) is 0 Å². The Hall–Kier alpha value is -1.04. The number of aliphatic hydroxyl groups is 17. The molecule has 0 aromatic carbocycles. The van der Waals surface area contributed by atoms with Gasteiger partial charge in [0, 0.05) is 0 Å².